The van der Waals surface area contributed by atoms with Gasteiger partial charge in [-0.05, 0) is 31.2 Å². The number of fused-ring (bicyclic) bond motifs is 1. The summed E-state index contributed by atoms with van der Waals surface area (Å²) >= 11 is 0. The van der Waals surface area contributed by atoms with E-state index < -0.39 is 11.9 Å². The molecule has 1 aliphatic heterocycles. The van der Waals surface area contributed by atoms with E-state index in [1.165, 1.54) is 0 Å². The van der Waals surface area contributed by atoms with Gasteiger partial charge in [0.2, 0.25) is 5.91 Å². The lowest BCUT2D eigenvalue weighted by Gasteiger charge is -2.32. The predicted molar refractivity (Wildman–Crippen MR) is 81.6 cm³/mol. The Morgan fingerprint density at radius 1 is 1.28 bits per heavy atom. The van der Waals surface area contributed by atoms with Crippen molar-refractivity contribution in [2.24, 2.45) is 11.8 Å². The molecule has 1 aliphatic carbocycles. The fraction of sp³-hybridized carbons (Fsp3) is 0.625. The van der Waals surface area contributed by atoms with E-state index in [9.17, 15) is 18.0 Å². The SMILES string of the molecule is C[C@H]1C[C@H]1C(=O)N1CCC(c2cc(C(F)(F)F)n3ncnc3n2)CC1. The zero-order valence-electron chi connectivity index (χ0n) is 13.7. The molecule has 0 aromatic carbocycles. The summed E-state index contributed by atoms with van der Waals surface area (Å²) in [5, 5.41) is 3.61. The maximum atomic E-state index is 13.3. The molecule has 2 aromatic heterocycles. The first-order valence-corrected chi connectivity index (χ1v) is 8.41. The van der Waals surface area contributed by atoms with E-state index in [0.29, 0.717) is 37.5 Å². The molecule has 1 amide bonds. The third-order valence-corrected chi connectivity index (χ3v) is 5.21. The highest BCUT2D eigenvalue weighted by atomic mass is 19.4. The molecule has 4 rings (SSSR count). The Labute approximate surface area is 142 Å². The zero-order valence-corrected chi connectivity index (χ0v) is 13.7. The first-order chi connectivity index (χ1) is 11.8. The number of piperidine rings is 1. The van der Waals surface area contributed by atoms with Crippen LogP contribution in [0.4, 0.5) is 13.2 Å². The Balaban J connectivity index is 1.54. The maximum Gasteiger partial charge on any atom is 0.433 e. The van der Waals surface area contributed by atoms with Gasteiger partial charge >= 0.3 is 6.18 Å². The molecule has 0 radical (unpaired) electrons. The fourth-order valence-corrected chi connectivity index (χ4v) is 3.54. The van der Waals surface area contributed by atoms with Crippen LogP contribution in [0.1, 0.15) is 43.5 Å². The number of hydrogen-bond donors (Lipinski definition) is 0. The van der Waals surface area contributed by atoms with Crippen LogP contribution in [0.15, 0.2) is 12.4 Å². The first kappa shape index (κ1) is 16.3. The molecule has 2 fully saturated rings. The highest BCUT2D eigenvalue weighted by Crippen LogP contribution is 2.40. The third-order valence-electron chi connectivity index (χ3n) is 5.21. The lowest BCUT2D eigenvalue weighted by molar-refractivity contribution is -0.142. The number of carbonyl (C=O) groups excluding carboxylic acids is 1. The van der Waals surface area contributed by atoms with E-state index in [1.54, 1.807) is 0 Å². The number of likely N-dealkylation sites (tertiary alicyclic amines) is 1. The summed E-state index contributed by atoms with van der Waals surface area (Å²) in [4.78, 5) is 22.2. The predicted octanol–water partition coefficient (Wildman–Crippen LogP) is 2.51. The van der Waals surface area contributed by atoms with Crippen molar-refractivity contribution in [2.75, 3.05) is 13.1 Å². The van der Waals surface area contributed by atoms with E-state index in [4.69, 9.17) is 0 Å². The number of carbonyl (C=O) groups is 1. The van der Waals surface area contributed by atoms with Gasteiger partial charge < -0.3 is 4.90 Å². The molecule has 2 aliphatic rings. The second kappa shape index (κ2) is 5.67. The van der Waals surface area contributed by atoms with E-state index in [0.717, 1.165) is 23.3 Å². The summed E-state index contributed by atoms with van der Waals surface area (Å²) in [5.74, 6) is 0.622. The standard InChI is InChI=1S/C16H18F3N5O/c1-9-6-11(9)14(25)23-4-2-10(3-5-23)12-7-13(16(17,18)19)24-15(22-12)20-8-21-24/h7-11H,2-6H2,1H3/t9-,11+/m0/s1. The van der Waals surface area contributed by atoms with E-state index in [2.05, 4.69) is 22.0 Å². The largest absolute Gasteiger partial charge is 0.433 e. The Hall–Kier alpha value is -2.19. The van der Waals surface area contributed by atoms with Gasteiger partial charge in [-0.15, -0.1) is 0 Å². The summed E-state index contributed by atoms with van der Waals surface area (Å²) in [6.07, 6.45) is -1.29. The van der Waals surface area contributed by atoms with Gasteiger partial charge in [-0.1, -0.05) is 6.92 Å². The molecule has 1 saturated carbocycles. The number of hydrogen-bond acceptors (Lipinski definition) is 4. The van der Waals surface area contributed by atoms with Crippen LogP contribution in [0.5, 0.6) is 0 Å². The fourth-order valence-electron chi connectivity index (χ4n) is 3.54. The van der Waals surface area contributed by atoms with Gasteiger partial charge in [-0.2, -0.15) is 27.8 Å². The second-order valence-electron chi connectivity index (χ2n) is 6.95. The summed E-state index contributed by atoms with van der Waals surface area (Å²) < 4.78 is 40.5. The summed E-state index contributed by atoms with van der Waals surface area (Å²) in [5.41, 5.74) is -0.491. The second-order valence-corrected chi connectivity index (χ2v) is 6.95. The first-order valence-electron chi connectivity index (χ1n) is 8.41. The molecule has 134 valence electrons. The molecule has 0 bridgehead atoms. The van der Waals surface area contributed by atoms with E-state index in [-0.39, 0.29) is 23.5 Å². The van der Waals surface area contributed by atoms with Crippen molar-refractivity contribution in [3.8, 4) is 0 Å². The summed E-state index contributed by atoms with van der Waals surface area (Å²) in [7, 11) is 0. The van der Waals surface area contributed by atoms with Crippen molar-refractivity contribution in [3.63, 3.8) is 0 Å². The number of aromatic nitrogens is 4. The maximum absolute atomic E-state index is 13.3. The van der Waals surface area contributed by atoms with Crippen LogP contribution in [-0.2, 0) is 11.0 Å². The average molecular weight is 353 g/mol. The lowest BCUT2D eigenvalue weighted by atomic mass is 9.92. The molecule has 2 aromatic rings. The third kappa shape index (κ3) is 2.96. The van der Waals surface area contributed by atoms with Crippen molar-refractivity contribution in [1.29, 1.82) is 0 Å². The molecule has 2 atom stereocenters. The van der Waals surface area contributed by atoms with Gasteiger partial charge in [0.1, 0.15) is 6.33 Å². The Bertz CT molecular complexity index is 810. The summed E-state index contributed by atoms with van der Waals surface area (Å²) in [6.45, 7) is 3.19. The highest BCUT2D eigenvalue weighted by Gasteiger charge is 2.42. The zero-order chi connectivity index (χ0) is 17.8. The molecular weight excluding hydrogens is 335 g/mol. The van der Waals surface area contributed by atoms with Crippen molar-refractivity contribution >= 4 is 11.7 Å². The quantitative estimate of drug-likeness (QED) is 0.832. The molecule has 25 heavy (non-hydrogen) atoms. The molecule has 1 saturated heterocycles. The van der Waals surface area contributed by atoms with Crippen LogP contribution in [0, 0.1) is 11.8 Å². The van der Waals surface area contributed by atoms with Crippen LogP contribution >= 0.6 is 0 Å². The molecule has 0 spiro atoms. The van der Waals surface area contributed by atoms with Crippen LogP contribution in [0.2, 0.25) is 0 Å². The normalized spacial score (nSPS) is 24.7. The minimum atomic E-state index is -4.53. The van der Waals surface area contributed by atoms with Crippen LogP contribution in [-0.4, -0.2) is 43.5 Å². The Kier molecular flexibility index (Phi) is 3.69. The van der Waals surface area contributed by atoms with Crippen molar-refractivity contribution in [3.05, 3.63) is 23.8 Å². The molecule has 3 heterocycles. The number of rotatable bonds is 2. The molecule has 6 nitrogen and oxygen atoms in total. The van der Waals surface area contributed by atoms with Gasteiger partial charge in [0.15, 0.2) is 5.69 Å². The van der Waals surface area contributed by atoms with Crippen molar-refractivity contribution in [2.45, 2.75) is 38.3 Å². The highest BCUT2D eigenvalue weighted by molar-refractivity contribution is 5.81. The molecule has 9 heteroatoms. The number of nitrogens with zero attached hydrogens (tertiary/aromatic N) is 5. The van der Waals surface area contributed by atoms with Gasteiger partial charge in [-0.25, -0.2) is 4.98 Å². The monoisotopic (exact) mass is 353 g/mol. The smallest absolute Gasteiger partial charge is 0.342 e. The Morgan fingerprint density at radius 2 is 1.96 bits per heavy atom. The number of amides is 1. The average Bonchev–Trinajstić information content (AvgIpc) is 3.12. The van der Waals surface area contributed by atoms with Gasteiger partial charge in [0.25, 0.3) is 5.78 Å². The Morgan fingerprint density at radius 3 is 2.56 bits per heavy atom. The van der Waals surface area contributed by atoms with Crippen LogP contribution in [0.3, 0.4) is 0 Å². The van der Waals surface area contributed by atoms with E-state index >= 15 is 0 Å². The van der Waals surface area contributed by atoms with Crippen LogP contribution in [0.25, 0.3) is 5.78 Å². The molecule has 0 unspecified atom stereocenters. The topological polar surface area (TPSA) is 63.4 Å². The summed E-state index contributed by atoms with van der Waals surface area (Å²) in [6, 6.07) is 1.06. The molecular formula is C16H18F3N5O. The van der Waals surface area contributed by atoms with Crippen LogP contribution < -0.4 is 0 Å². The van der Waals surface area contributed by atoms with Gasteiger partial charge in [0.05, 0.1) is 0 Å². The minimum Gasteiger partial charge on any atom is -0.342 e. The van der Waals surface area contributed by atoms with E-state index in [1.807, 2.05) is 4.90 Å². The molecule has 0 N–H and O–H groups in total. The minimum absolute atomic E-state index is 0.0462. The number of alkyl halides is 3. The van der Waals surface area contributed by atoms with Crippen molar-refractivity contribution < 1.29 is 18.0 Å². The lowest BCUT2D eigenvalue weighted by Crippen LogP contribution is -2.39. The number of halogens is 3. The van der Waals surface area contributed by atoms with Gasteiger partial charge in [0, 0.05) is 30.6 Å². The van der Waals surface area contributed by atoms with Gasteiger partial charge in [-0.3, -0.25) is 4.79 Å². The van der Waals surface area contributed by atoms with Crippen molar-refractivity contribution in [1.82, 2.24) is 24.5 Å².